The minimum absolute atomic E-state index is 1.09. The number of benzene rings is 13. The number of anilines is 3. The van der Waals surface area contributed by atoms with E-state index in [2.05, 4.69) is 278 Å². The number of rotatable bonds is 8. The first-order valence-electron chi connectivity index (χ1n) is 23.8. The highest BCUT2D eigenvalue weighted by atomic mass is 15.1. The third-order valence-corrected chi connectivity index (χ3v) is 14.1. The zero-order valence-electron chi connectivity index (χ0n) is 37.9. The number of fused-ring (bicyclic) bond motifs is 8. The predicted octanol–water partition coefficient (Wildman–Crippen LogP) is 19.3. The third-order valence-electron chi connectivity index (χ3n) is 14.1. The molecule has 13 aromatic rings. The summed E-state index contributed by atoms with van der Waals surface area (Å²) >= 11 is 0. The van der Waals surface area contributed by atoms with Crippen LogP contribution in [0.1, 0.15) is 0 Å². The topological polar surface area (TPSA) is 3.24 Å². The van der Waals surface area contributed by atoms with Crippen molar-refractivity contribution in [1.29, 1.82) is 0 Å². The van der Waals surface area contributed by atoms with Gasteiger partial charge in [-0.1, -0.05) is 231 Å². The van der Waals surface area contributed by atoms with Crippen molar-refractivity contribution in [1.82, 2.24) is 0 Å². The molecule has 0 N–H and O–H groups in total. The second-order valence-electron chi connectivity index (χ2n) is 18.0. The Morgan fingerprint density at radius 3 is 1.17 bits per heavy atom. The first kappa shape index (κ1) is 40.3. The largest absolute Gasteiger partial charge is 0.311 e. The van der Waals surface area contributed by atoms with Crippen LogP contribution in [-0.4, -0.2) is 0 Å². The molecular formula is C68H45N. The Morgan fingerprint density at radius 2 is 0.580 bits per heavy atom. The summed E-state index contributed by atoms with van der Waals surface area (Å²) in [6.07, 6.45) is 0. The molecular weight excluding hydrogens is 831 g/mol. The Kier molecular flexibility index (Phi) is 9.91. The summed E-state index contributed by atoms with van der Waals surface area (Å²) in [5.74, 6) is 0. The van der Waals surface area contributed by atoms with Crippen LogP contribution in [0, 0.1) is 0 Å². The van der Waals surface area contributed by atoms with E-state index in [1.807, 2.05) is 0 Å². The lowest BCUT2D eigenvalue weighted by atomic mass is 9.90. The van der Waals surface area contributed by atoms with E-state index in [0.717, 1.165) is 17.1 Å². The van der Waals surface area contributed by atoms with Crippen LogP contribution < -0.4 is 4.90 Å². The molecule has 69 heavy (non-hydrogen) atoms. The maximum atomic E-state index is 2.37. The van der Waals surface area contributed by atoms with Gasteiger partial charge in [0, 0.05) is 17.1 Å². The van der Waals surface area contributed by atoms with Crippen molar-refractivity contribution in [2.45, 2.75) is 0 Å². The molecule has 0 radical (unpaired) electrons. The Hall–Kier alpha value is -9.04. The minimum Gasteiger partial charge on any atom is -0.311 e. The van der Waals surface area contributed by atoms with Crippen LogP contribution in [0.25, 0.3) is 109 Å². The number of hydrogen-bond donors (Lipinski definition) is 0. The molecule has 13 aromatic carbocycles. The maximum absolute atomic E-state index is 2.37. The average molecular weight is 876 g/mol. The highest BCUT2D eigenvalue weighted by molar-refractivity contribution is 6.25. The summed E-state index contributed by atoms with van der Waals surface area (Å²) in [6, 6.07) is 99.9. The van der Waals surface area contributed by atoms with Gasteiger partial charge in [-0.2, -0.15) is 0 Å². The normalized spacial score (nSPS) is 11.5. The van der Waals surface area contributed by atoms with Crippen LogP contribution in [0.3, 0.4) is 0 Å². The van der Waals surface area contributed by atoms with Gasteiger partial charge in [-0.05, 0) is 152 Å². The zero-order chi connectivity index (χ0) is 45.7. The first-order chi connectivity index (χ1) is 34.2. The van der Waals surface area contributed by atoms with Crippen LogP contribution in [0.4, 0.5) is 17.1 Å². The molecule has 0 aliphatic carbocycles. The second kappa shape index (κ2) is 17.0. The van der Waals surface area contributed by atoms with Crippen LogP contribution in [0.15, 0.2) is 273 Å². The molecule has 13 rings (SSSR count). The fraction of sp³-hybridized carbons (Fsp3) is 0. The zero-order valence-corrected chi connectivity index (χ0v) is 37.9. The van der Waals surface area contributed by atoms with Gasteiger partial charge in [-0.25, -0.2) is 0 Å². The molecule has 0 saturated carbocycles. The van der Waals surface area contributed by atoms with Gasteiger partial charge < -0.3 is 4.90 Å². The van der Waals surface area contributed by atoms with E-state index < -0.39 is 0 Å². The summed E-state index contributed by atoms with van der Waals surface area (Å²) in [5, 5.41) is 12.7. The molecule has 0 atom stereocenters. The van der Waals surface area contributed by atoms with Gasteiger partial charge in [0.25, 0.3) is 0 Å². The van der Waals surface area contributed by atoms with Crippen molar-refractivity contribution in [3.05, 3.63) is 273 Å². The van der Waals surface area contributed by atoms with Crippen LogP contribution in [0.2, 0.25) is 0 Å². The lowest BCUT2D eigenvalue weighted by molar-refractivity contribution is 1.28. The fourth-order valence-electron chi connectivity index (χ4n) is 10.7. The molecule has 0 fully saturated rings. The molecule has 0 saturated heterocycles. The monoisotopic (exact) mass is 875 g/mol. The number of nitrogens with zero attached hydrogens (tertiary/aromatic N) is 1. The molecule has 1 nitrogen and oxygen atoms in total. The Balaban J connectivity index is 0.883. The summed E-state index contributed by atoms with van der Waals surface area (Å²) in [6.45, 7) is 0. The molecule has 0 spiro atoms. The Morgan fingerprint density at radius 1 is 0.188 bits per heavy atom. The molecule has 0 bridgehead atoms. The summed E-state index contributed by atoms with van der Waals surface area (Å²) in [5.41, 5.74) is 15.3. The number of hydrogen-bond acceptors (Lipinski definition) is 1. The van der Waals surface area contributed by atoms with E-state index in [4.69, 9.17) is 0 Å². The van der Waals surface area contributed by atoms with Gasteiger partial charge in [0.2, 0.25) is 0 Å². The molecule has 0 amide bonds. The van der Waals surface area contributed by atoms with E-state index in [0.29, 0.717) is 0 Å². The molecule has 0 aliphatic rings. The second-order valence-corrected chi connectivity index (χ2v) is 18.0. The van der Waals surface area contributed by atoms with Gasteiger partial charge in [-0.15, -0.1) is 0 Å². The lowest BCUT2D eigenvalue weighted by Gasteiger charge is -2.26. The predicted molar refractivity (Wildman–Crippen MR) is 296 cm³/mol. The maximum Gasteiger partial charge on any atom is 0.0462 e. The van der Waals surface area contributed by atoms with Crippen molar-refractivity contribution in [3.63, 3.8) is 0 Å². The average Bonchev–Trinajstić information content (AvgIpc) is 3.43. The highest BCUT2D eigenvalue weighted by Crippen LogP contribution is 2.43. The molecule has 0 unspecified atom stereocenters. The standard InChI is InChI=1S/C68H45N/c1-2-15-53(16-3-1)68-60-19-7-5-14-50(60)35-43-61(68)52-33-41-57(42-34-52)69(55-37-29-47(30-38-55)46-25-27-51(28-26-46)59-24-12-17-49-13-4-6-18-58(49)59)56-39-31-48(32-40-56)54-36-44-66-64-22-9-8-20-62(64)63-21-10-11-23-65(63)67(66)45-54/h1-45H. The fourth-order valence-corrected chi connectivity index (χ4v) is 10.7. The van der Waals surface area contributed by atoms with Crippen LogP contribution in [-0.2, 0) is 0 Å². The molecule has 1 heteroatoms. The molecule has 0 aliphatic heterocycles. The van der Waals surface area contributed by atoms with Crippen molar-refractivity contribution in [2.75, 3.05) is 4.90 Å². The molecule has 0 aromatic heterocycles. The highest BCUT2D eigenvalue weighted by Gasteiger charge is 2.17. The quantitative estimate of drug-likeness (QED) is 0.138. The summed E-state index contributed by atoms with van der Waals surface area (Å²) in [4.78, 5) is 2.37. The van der Waals surface area contributed by atoms with E-state index in [1.54, 1.807) is 0 Å². The van der Waals surface area contributed by atoms with E-state index in [9.17, 15) is 0 Å². The van der Waals surface area contributed by atoms with E-state index in [1.165, 1.54) is 109 Å². The van der Waals surface area contributed by atoms with Crippen molar-refractivity contribution in [3.8, 4) is 55.6 Å². The van der Waals surface area contributed by atoms with Crippen molar-refractivity contribution in [2.24, 2.45) is 0 Å². The SMILES string of the molecule is c1ccc(-c2c(-c3ccc(N(c4ccc(-c5ccc(-c6cccc7ccccc67)cc5)cc4)c4ccc(-c5ccc6c7ccccc7c7ccccc7c6c5)cc4)cc3)ccc3ccccc23)cc1. The molecule has 0 heterocycles. The van der Waals surface area contributed by atoms with Gasteiger partial charge in [0.15, 0.2) is 0 Å². The lowest BCUT2D eigenvalue weighted by Crippen LogP contribution is -2.09. The van der Waals surface area contributed by atoms with E-state index in [-0.39, 0.29) is 0 Å². The van der Waals surface area contributed by atoms with Crippen molar-refractivity contribution >= 4 is 70.9 Å². The Bertz CT molecular complexity index is 3980. The Labute approximate surface area is 402 Å². The summed E-state index contributed by atoms with van der Waals surface area (Å²) in [7, 11) is 0. The smallest absolute Gasteiger partial charge is 0.0462 e. The van der Waals surface area contributed by atoms with Gasteiger partial charge >= 0.3 is 0 Å². The van der Waals surface area contributed by atoms with Crippen LogP contribution in [0.5, 0.6) is 0 Å². The third kappa shape index (κ3) is 7.20. The molecule has 322 valence electrons. The van der Waals surface area contributed by atoms with Gasteiger partial charge in [0.05, 0.1) is 0 Å². The minimum atomic E-state index is 1.09. The first-order valence-corrected chi connectivity index (χ1v) is 23.8. The van der Waals surface area contributed by atoms with Crippen molar-refractivity contribution < 1.29 is 0 Å². The van der Waals surface area contributed by atoms with Gasteiger partial charge in [0.1, 0.15) is 0 Å². The van der Waals surface area contributed by atoms with Crippen LogP contribution >= 0.6 is 0 Å². The van der Waals surface area contributed by atoms with Gasteiger partial charge in [-0.3, -0.25) is 0 Å². The van der Waals surface area contributed by atoms with E-state index >= 15 is 0 Å². The summed E-state index contributed by atoms with van der Waals surface area (Å²) < 4.78 is 0.